The van der Waals surface area contributed by atoms with Crippen LogP contribution in [0.1, 0.15) is 31.9 Å². The zero-order valence-corrected chi connectivity index (χ0v) is 9.58. The van der Waals surface area contributed by atoms with E-state index in [1.54, 1.807) is 6.08 Å². The average Bonchev–Trinajstić information content (AvgIpc) is 2.26. The van der Waals surface area contributed by atoms with Crippen LogP contribution in [0.15, 0.2) is 29.3 Å². The first kappa shape index (κ1) is 11.7. The van der Waals surface area contributed by atoms with Crippen molar-refractivity contribution in [2.24, 2.45) is 4.99 Å². The van der Waals surface area contributed by atoms with Crippen LogP contribution in [0.4, 0.5) is 0 Å². The van der Waals surface area contributed by atoms with Crippen LogP contribution in [-0.4, -0.2) is 12.6 Å². The second-order valence-corrected chi connectivity index (χ2v) is 4.34. The highest BCUT2D eigenvalue weighted by Gasteiger charge is 2.19. The molecule has 2 nitrogen and oxygen atoms in total. The van der Waals surface area contributed by atoms with Gasteiger partial charge in [-0.25, -0.2) is 9.79 Å². The van der Waals surface area contributed by atoms with Gasteiger partial charge in [-0.05, 0) is 17.5 Å². The highest BCUT2D eigenvalue weighted by Crippen LogP contribution is 2.23. The van der Waals surface area contributed by atoms with E-state index in [1.807, 2.05) is 0 Å². The first-order valence-electron chi connectivity index (χ1n) is 5.23. The molecule has 0 aliphatic heterocycles. The standard InChI is InChI=1S/C13H17NO/c1-4-11-5-7-12(8-6-11)13(2,3)9-14-10-15/h5-8H,4,9H2,1-3H3. The van der Waals surface area contributed by atoms with E-state index in [-0.39, 0.29) is 5.41 Å². The fourth-order valence-corrected chi connectivity index (χ4v) is 1.51. The molecule has 0 atom stereocenters. The first-order chi connectivity index (χ1) is 7.10. The lowest BCUT2D eigenvalue weighted by atomic mass is 9.84. The molecule has 80 valence electrons. The predicted octanol–water partition coefficient (Wildman–Crippen LogP) is 2.86. The third-order valence-electron chi connectivity index (χ3n) is 2.68. The molecule has 1 aromatic carbocycles. The summed E-state index contributed by atoms with van der Waals surface area (Å²) in [6, 6.07) is 8.47. The smallest absolute Gasteiger partial charge is 0.211 e. The number of nitrogens with zero attached hydrogens (tertiary/aromatic N) is 1. The predicted molar refractivity (Wildman–Crippen MR) is 61.8 cm³/mol. The van der Waals surface area contributed by atoms with E-state index in [0.717, 1.165) is 6.42 Å². The molecule has 0 heterocycles. The Morgan fingerprint density at radius 1 is 1.27 bits per heavy atom. The number of rotatable bonds is 4. The van der Waals surface area contributed by atoms with Gasteiger partial charge in [-0.1, -0.05) is 45.0 Å². The van der Waals surface area contributed by atoms with Crippen molar-refractivity contribution in [3.8, 4) is 0 Å². The van der Waals surface area contributed by atoms with Crippen LogP contribution >= 0.6 is 0 Å². The molecule has 1 aromatic rings. The Bertz CT molecular complexity index is 359. The van der Waals surface area contributed by atoms with Gasteiger partial charge in [-0.2, -0.15) is 0 Å². The molecule has 0 radical (unpaired) electrons. The molecule has 0 aliphatic rings. The van der Waals surface area contributed by atoms with E-state index in [2.05, 4.69) is 50.0 Å². The van der Waals surface area contributed by atoms with Crippen LogP contribution in [0.25, 0.3) is 0 Å². The number of isocyanates is 1. The van der Waals surface area contributed by atoms with E-state index in [1.165, 1.54) is 11.1 Å². The Morgan fingerprint density at radius 3 is 2.33 bits per heavy atom. The number of aliphatic imine (C=N–C) groups is 1. The van der Waals surface area contributed by atoms with Gasteiger partial charge in [0, 0.05) is 5.41 Å². The second-order valence-electron chi connectivity index (χ2n) is 4.34. The zero-order valence-electron chi connectivity index (χ0n) is 9.58. The number of hydrogen-bond donors (Lipinski definition) is 0. The van der Waals surface area contributed by atoms with Gasteiger partial charge >= 0.3 is 0 Å². The Kier molecular flexibility index (Phi) is 3.81. The van der Waals surface area contributed by atoms with Crippen LogP contribution in [0.2, 0.25) is 0 Å². The van der Waals surface area contributed by atoms with Crippen molar-refractivity contribution in [1.29, 1.82) is 0 Å². The minimum absolute atomic E-state index is 0.0936. The summed E-state index contributed by atoms with van der Waals surface area (Å²) in [5.74, 6) is 0. The van der Waals surface area contributed by atoms with Crippen LogP contribution in [0.3, 0.4) is 0 Å². The van der Waals surface area contributed by atoms with Crippen molar-refractivity contribution in [3.05, 3.63) is 35.4 Å². The third-order valence-corrected chi connectivity index (χ3v) is 2.68. The SMILES string of the molecule is CCc1ccc(C(C)(C)CN=C=O)cc1. The number of aryl methyl sites for hydroxylation is 1. The first-order valence-corrected chi connectivity index (χ1v) is 5.23. The van der Waals surface area contributed by atoms with Crippen molar-refractivity contribution in [2.75, 3.05) is 6.54 Å². The Labute approximate surface area is 91.0 Å². The largest absolute Gasteiger partial charge is 0.234 e. The fourth-order valence-electron chi connectivity index (χ4n) is 1.51. The van der Waals surface area contributed by atoms with Crippen LogP contribution in [0, 0.1) is 0 Å². The van der Waals surface area contributed by atoms with Gasteiger partial charge in [0.1, 0.15) is 0 Å². The van der Waals surface area contributed by atoms with Crippen LogP contribution in [0.5, 0.6) is 0 Å². The molecule has 15 heavy (non-hydrogen) atoms. The molecular weight excluding hydrogens is 186 g/mol. The van der Waals surface area contributed by atoms with Gasteiger partial charge in [0.05, 0.1) is 6.54 Å². The number of benzene rings is 1. The molecule has 0 unspecified atom stereocenters. The third kappa shape index (κ3) is 3.03. The Morgan fingerprint density at radius 2 is 1.87 bits per heavy atom. The van der Waals surface area contributed by atoms with Gasteiger partial charge in [0.15, 0.2) is 0 Å². The fraction of sp³-hybridized carbons (Fsp3) is 0.462. The molecule has 0 N–H and O–H groups in total. The molecule has 0 aliphatic carbocycles. The lowest BCUT2D eigenvalue weighted by Gasteiger charge is -2.22. The molecule has 0 saturated carbocycles. The van der Waals surface area contributed by atoms with Gasteiger partial charge in [-0.3, -0.25) is 0 Å². The lowest BCUT2D eigenvalue weighted by Crippen LogP contribution is -2.20. The van der Waals surface area contributed by atoms with E-state index < -0.39 is 0 Å². The minimum atomic E-state index is -0.0936. The van der Waals surface area contributed by atoms with E-state index in [9.17, 15) is 4.79 Å². The molecule has 1 rings (SSSR count). The highest BCUT2D eigenvalue weighted by molar-refractivity contribution is 5.34. The maximum Gasteiger partial charge on any atom is 0.234 e. The summed E-state index contributed by atoms with van der Waals surface area (Å²) in [7, 11) is 0. The number of hydrogen-bond acceptors (Lipinski definition) is 2. The summed E-state index contributed by atoms with van der Waals surface area (Å²) in [5, 5.41) is 0. The summed E-state index contributed by atoms with van der Waals surface area (Å²) in [6.07, 6.45) is 2.64. The van der Waals surface area contributed by atoms with Gasteiger partial charge in [0.2, 0.25) is 6.08 Å². The van der Waals surface area contributed by atoms with Crippen molar-refractivity contribution >= 4 is 6.08 Å². The van der Waals surface area contributed by atoms with Gasteiger partial charge < -0.3 is 0 Å². The quantitative estimate of drug-likeness (QED) is 0.546. The normalized spacial score (nSPS) is 10.9. The van der Waals surface area contributed by atoms with E-state index in [4.69, 9.17) is 0 Å². The van der Waals surface area contributed by atoms with Crippen molar-refractivity contribution in [1.82, 2.24) is 0 Å². The summed E-state index contributed by atoms with van der Waals surface area (Å²) in [4.78, 5) is 13.7. The molecule has 0 aromatic heterocycles. The van der Waals surface area contributed by atoms with Gasteiger partial charge in [-0.15, -0.1) is 0 Å². The number of carbonyl (C=O) groups excluding carboxylic acids is 1. The summed E-state index contributed by atoms with van der Waals surface area (Å²) < 4.78 is 0. The van der Waals surface area contributed by atoms with E-state index in [0.29, 0.717) is 6.54 Å². The van der Waals surface area contributed by atoms with Crippen LogP contribution < -0.4 is 0 Å². The van der Waals surface area contributed by atoms with Gasteiger partial charge in [0.25, 0.3) is 0 Å². The highest BCUT2D eigenvalue weighted by atomic mass is 16.1. The molecule has 0 fully saturated rings. The molecule has 2 heteroatoms. The zero-order chi connectivity index (χ0) is 11.3. The van der Waals surface area contributed by atoms with Crippen molar-refractivity contribution in [3.63, 3.8) is 0 Å². The maximum atomic E-state index is 10.1. The monoisotopic (exact) mass is 203 g/mol. The molecular formula is C13H17NO. The molecule has 0 spiro atoms. The van der Waals surface area contributed by atoms with Crippen molar-refractivity contribution < 1.29 is 4.79 Å². The topological polar surface area (TPSA) is 29.4 Å². The summed E-state index contributed by atoms with van der Waals surface area (Å²) in [6.45, 7) is 6.78. The minimum Gasteiger partial charge on any atom is -0.211 e. The Hall–Kier alpha value is -1.40. The summed E-state index contributed by atoms with van der Waals surface area (Å²) >= 11 is 0. The summed E-state index contributed by atoms with van der Waals surface area (Å²) in [5.41, 5.74) is 2.44. The Balaban J connectivity index is 2.89. The van der Waals surface area contributed by atoms with Crippen LogP contribution in [-0.2, 0) is 16.6 Å². The molecule has 0 saturated heterocycles. The average molecular weight is 203 g/mol. The maximum absolute atomic E-state index is 10.1. The van der Waals surface area contributed by atoms with Crippen molar-refractivity contribution in [2.45, 2.75) is 32.6 Å². The lowest BCUT2D eigenvalue weighted by molar-refractivity contribution is 0.526. The van der Waals surface area contributed by atoms with E-state index >= 15 is 0 Å². The molecule has 0 bridgehead atoms. The molecule has 0 amide bonds. The second kappa shape index (κ2) is 4.90.